The molecule has 0 unspecified atom stereocenters. The summed E-state index contributed by atoms with van der Waals surface area (Å²) in [5.74, 6) is -0.714. The summed E-state index contributed by atoms with van der Waals surface area (Å²) in [5, 5.41) is 4.95. The first kappa shape index (κ1) is 16.9. The van der Waals surface area contributed by atoms with Crippen molar-refractivity contribution in [3.63, 3.8) is 0 Å². The Kier molecular flexibility index (Phi) is 5.69. The van der Waals surface area contributed by atoms with Gasteiger partial charge in [0.2, 0.25) is 5.91 Å². The molecule has 0 bridgehead atoms. The molecule has 0 fully saturated rings. The summed E-state index contributed by atoms with van der Waals surface area (Å²) in [6, 6.07) is 4.55. The summed E-state index contributed by atoms with van der Waals surface area (Å²) < 4.78 is 18.2. The second-order valence-corrected chi connectivity index (χ2v) is 5.77. The van der Waals surface area contributed by atoms with Crippen molar-refractivity contribution < 1.29 is 18.7 Å². The molecule has 0 radical (unpaired) electrons. The van der Waals surface area contributed by atoms with Gasteiger partial charge in [-0.3, -0.25) is 4.79 Å². The highest BCUT2D eigenvalue weighted by atomic mass is 19.1. The van der Waals surface area contributed by atoms with Crippen molar-refractivity contribution in [2.45, 2.75) is 39.8 Å². The van der Waals surface area contributed by atoms with Crippen LogP contribution in [0.25, 0.3) is 0 Å². The van der Waals surface area contributed by atoms with E-state index < -0.39 is 11.7 Å². The van der Waals surface area contributed by atoms with E-state index in [2.05, 4.69) is 10.6 Å². The molecule has 6 heteroatoms. The van der Waals surface area contributed by atoms with Crippen LogP contribution in [0.5, 0.6) is 0 Å². The maximum atomic E-state index is 13.2. The summed E-state index contributed by atoms with van der Waals surface area (Å²) in [4.78, 5) is 22.9. The number of alkyl carbamates (subject to hydrolysis) is 1. The van der Waals surface area contributed by atoms with Crippen molar-refractivity contribution >= 4 is 12.0 Å². The number of aryl methyl sites for hydroxylation is 1. The van der Waals surface area contributed by atoms with Crippen LogP contribution in [0, 0.1) is 12.7 Å². The van der Waals surface area contributed by atoms with Gasteiger partial charge in [-0.15, -0.1) is 0 Å². The van der Waals surface area contributed by atoms with Crippen LogP contribution in [0.1, 0.15) is 31.9 Å². The molecule has 1 rings (SSSR count). The number of hydrogen-bond donors (Lipinski definition) is 2. The first-order valence-corrected chi connectivity index (χ1v) is 6.65. The van der Waals surface area contributed by atoms with E-state index in [0.29, 0.717) is 5.56 Å². The number of amides is 2. The van der Waals surface area contributed by atoms with Crippen LogP contribution in [-0.4, -0.2) is 24.1 Å². The molecule has 116 valence electrons. The number of ether oxygens (including phenoxy) is 1. The largest absolute Gasteiger partial charge is 0.444 e. The Labute approximate surface area is 123 Å². The molecule has 0 spiro atoms. The van der Waals surface area contributed by atoms with Crippen molar-refractivity contribution in [2.75, 3.05) is 6.54 Å². The Morgan fingerprint density at radius 2 is 1.86 bits per heavy atom. The van der Waals surface area contributed by atoms with Crippen LogP contribution < -0.4 is 10.6 Å². The number of halogens is 1. The van der Waals surface area contributed by atoms with E-state index in [1.807, 2.05) is 0 Å². The molecule has 21 heavy (non-hydrogen) atoms. The highest BCUT2D eigenvalue weighted by Crippen LogP contribution is 2.08. The smallest absolute Gasteiger partial charge is 0.408 e. The molecule has 0 aliphatic carbocycles. The van der Waals surface area contributed by atoms with E-state index in [-0.39, 0.29) is 24.8 Å². The van der Waals surface area contributed by atoms with Gasteiger partial charge < -0.3 is 15.4 Å². The lowest BCUT2D eigenvalue weighted by Crippen LogP contribution is -2.39. The van der Waals surface area contributed by atoms with Gasteiger partial charge in [0, 0.05) is 6.54 Å². The molecule has 0 saturated heterocycles. The quantitative estimate of drug-likeness (QED) is 0.895. The fourth-order valence-corrected chi connectivity index (χ4v) is 1.64. The lowest BCUT2D eigenvalue weighted by molar-refractivity contribution is -0.120. The van der Waals surface area contributed by atoms with Gasteiger partial charge in [-0.2, -0.15) is 0 Å². The van der Waals surface area contributed by atoms with E-state index in [9.17, 15) is 14.0 Å². The molecule has 5 nitrogen and oxygen atoms in total. The maximum absolute atomic E-state index is 13.2. The van der Waals surface area contributed by atoms with Crippen LogP contribution in [0.2, 0.25) is 0 Å². The van der Waals surface area contributed by atoms with Crippen molar-refractivity contribution in [1.82, 2.24) is 10.6 Å². The van der Waals surface area contributed by atoms with E-state index in [1.165, 1.54) is 12.1 Å². The van der Waals surface area contributed by atoms with Gasteiger partial charge in [0.1, 0.15) is 18.0 Å². The van der Waals surface area contributed by atoms with Gasteiger partial charge in [0.15, 0.2) is 0 Å². The number of carbonyl (C=O) groups excluding carboxylic acids is 2. The number of rotatable bonds is 4. The molecule has 0 heterocycles. The fourth-order valence-electron chi connectivity index (χ4n) is 1.64. The van der Waals surface area contributed by atoms with E-state index in [0.717, 1.165) is 5.56 Å². The van der Waals surface area contributed by atoms with Gasteiger partial charge in [0.25, 0.3) is 0 Å². The van der Waals surface area contributed by atoms with Gasteiger partial charge in [-0.05, 0) is 51.0 Å². The zero-order valence-corrected chi connectivity index (χ0v) is 12.7. The minimum Gasteiger partial charge on any atom is -0.444 e. The van der Waals surface area contributed by atoms with E-state index >= 15 is 0 Å². The molecular formula is C15H21FN2O3. The predicted octanol–water partition coefficient (Wildman–Crippen LogP) is 2.28. The van der Waals surface area contributed by atoms with Gasteiger partial charge in [-0.1, -0.05) is 6.07 Å². The minimum atomic E-state index is -0.653. The summed E-state index contributed by atoms with van der Waals surface area (Å²) in [6.07, 6.45) is -0.653. The summed E-state index contributed by atoms with van der Waals surface area (Å²) in [7, 11) is 0. The zero-order valence-electron chi connectivity index (χ0n) is 12.7. The third-order valence-corrected chi connectivity index (χ3v) is 2.38. The van der Waals surface area contributed by atoms with Crippen LogP contribution in [0.15, 0.2) is 18.2 Å². The summed E-state index contributed by atoms with van der Waals surface area (Å²) in [5.41, 5.74) is 0.837. The van der Waals surface area contributed by atoms with Crippen molar-refractivity contribution in [1.29, 1.82) is 0 Å². The highest BCUT2D eigenvalue weighted by molar-refractivity contribution is 5.82. The monoisotopic (exact) mass is 296 g/mol. The molecule has 0 atom stereocenters. The predicted molar refractivity (Wildman–Crippen MR) is 77.2 cm³/mol. The first-order chi connectivity index (χ1) is 9.65. The number of hydrogen-bond acceptors (Lipinski definition) is 3. The van der Waals surface area contributed by atoms with Crippen LogP contribution in [0.3, 0.4) is 0 Å². The van der Waals surface area contributed by atoms with E-state index in [1.54, 1.807) is 33.8 Å². The third-order valence-electron chi connectivity index (χ3n) is 2.38. The maximum Gasteiger partial charge on any atom is 0.408 e. The fraction of sp³-hybridized carbons (Fsp3) is 0.467. The molecule has 0 aliphatic heterocycles. The lowest BCUT2D eigenvalue weighted by atomic mass is 10.1. The zero-order chi connectivity index (χ0) is 16.0. The lowest BCUT2D eigenvalue weighted by Gasteiger charge is -2.19. The Morgan fingerprint density at radius 3 is 2.43 bits per heavy atom. The van der Waals surface area contributed by atoms with Crippen molar-refractivity contribution in [2.24, 2.45) is 0 Å². The van der Waals surface area contributed by atoms with Gasteiger partial charge >= 0.3 is 6.09 Å². The average Bonchev–Trinajstić information content (AvgIpc) is 2.30. The highest BCUT2D eigenvalue weighted by Gasteiger charge is 2.16. The Hall–Kier alpha value is -2.11. The Balaban J connectivity index is 2.36. The second-order valence-electron chi connectivity index (χ2n) is 5.77. The molecule has 2 amide bonds. The standard InChI is InChI=1S/C15H21FN2O3/c1-10-5-11(7-12(16)6-10)8-17-13(19)9-18-14(20)21-15(2,3)4/h5-7H,8-9H2,1-4H3,(H,17,19)(H,18,20). The molecule has 0 aromatic heterocycles. The summed E-state index contributed by atoms with van der Waals surface area (Å²) >= 11 is 0. The van der Waals surface area contributed by atoms with E-state index in [4.69, 9.17) is 4.74 Å². The number of nitrogens with one attached hydrogen (secondary N) is 2. The number of carbonyl (C=O) groups is 2. The van der Waals surface area contributed by atoms with Crippen LogP contribution in [0.4, 0.5) is 9.18 Å². The van der Waals surface area contributed by atoms with Crippen molar-refractivity contribution in [3.05, 3.63) is 35.1 Å². The average molecular weight is 296 g/mol. The molecule has 0 saturated carbocycles. The molecular weight excluding hydrogens is 275 g/mol. The van der Waals surface area contributed by atoms with Gasteiger partial charge in [-0.25, -0.2) is 9.18 Å². The Bertz CT molecular complexity index is 504. The molecule has 1 aromatic carbocycles. The van der Waals surface area contributed by atoms with Crippen LogP contribution in [-0.2, 0) is 16.1 Å². The third kappa shape index (κ3) is 7.29. The van der Waals surface area contributed by atoms with Gasteiger partial charge in [0.05, 0.1) is 0 Å². The molecule has 2 N–H and O–H groups in total. The Morgan fingerprint density at radius 1 is 1.19 bits per heavy atom. The normalized spacial score (nSPS) is 10.9. The molecule has 0 aliphatic rings. The van der Waals surface area contributed by atoms with Crippen LogP contribution >= 0.6 is 0 Å². The second kappa shape index (κ2) is 7.06. The number of benzene rings is 1. The first-order valence-electron chi connectivity index (χ1n) is 6.65. The van der Waals surface area contributed by atoms with Crippen molar-refractivity contribution in [3.8, 4) is 0 Å². The SMILES string of the molecule is Cc1cc(F)cc(CNC(=O)CNC(=O)OC(C)(C)C)c1. The topological polar surface area (TPSA) is 67.4 Å². The molecule has 1 aromatic rings. The summed E-state index contributed by atoms with van der Waals surface area (Å²) in [6.45, 7) is 6.99. The minimum absolute atomic E-state index is 0.191.